The molecule has 21 heavy (non-hydrogen) atoms. The first-order valence-electron chi connectivity index (χ1n) is 7.00. The average Bonchev–Trinajstić information content (AvgIpc) is 2.93. The molecule has 0 aromatic heterocycles. The summed E-state index contributed by atoms with van der Waals surface area (Å²) in [5.41, 5.74) is 4.26. The van der Waals surface area contributed by atoms with Crippen molar-refractivity contribution in [2.45, 2.75) is 13.0 Å². The van der Waals surface area contributed by atoms with Gasteiger partial charge in [-0.15, -0.1) is 0 Å². The smallest absolute Gasteiger partial charge is 0.253 e. The maximum atomic E-state index is 12.5. The quantitative estimate of drug-likeness (QED) is 0.920. The second-order valence-corrected chi connectivity index (χ2v) is 6.26. The zero-order valence-electron chi connectivity index (χ0n) is 11.9. The molecule has 1 aliphatic rings. The first-order chi connectivity index (χ1) is 10.1. The van der Waals surface area contributed by atoms with Crippen LogP contribution in [0, 0.1) is 0 Å². The lowest BCUT2D eigenvalue weighted by Gasteiger charge is -2.18. The van der Waals surface area contributed by atoms with Crippen LogP contribution in [0.3, 0.4) is 0 Å². The van der Waals surface area contributed by atoms with Gasteiger partial charge in [-0.05, 0) is 47.9 Å². The number of amides is 1. The normalized spacial score (nSPS) is 12.7. The molecule has 0 unspecified atom stereocenters. The Bertz CT molecular complexity index is 684. The third-order valence-corrected chi connectivity index (χ3v) is 4.21. The molecule has 0 atom stereocenters. The van der Waals surface area contributed by atoms with Crippen molar-refractivity contribution in [2.24, 2.45) is 0 Å². The number of hydrogen-bond acceptors (Lipinski definition) is 2. The largest absolute Gasteiger partial charge is 0.384 e. The lowest BCUT2D eigenvalue weighted by atomic mass is 10.1. The third-order valence-electron chi connectivity index (χ3n) is 3.72. The van der Waals surface area contributed by atoms with Crippen molar-refractivity contribution in [2.75, 3.05) is 18.9 Å². The van der Waals surface area contributed by atoms with Crippen LogP contribution in [0.15, 0.2) is 46.9 Å². The van der Waals surface area contributed by atoms with E-state index in [1.165, 1.54) is 5.56 Å². The highest BCUT2D eigenvalue weighted by Crippen LogP contribution is 2.23. The van der Waals surface area contributed by atoms with Gasteiger partial charge in [0, 0.05) is 35.9 Å². The fourth-order valence-electron chi connectivity index (χ4n) is 2.64. The Morgan fingerprint density at radius 3 is 2.95 bits per heavy atom. The molecule has 0 aliphatic carbocycles. The monoisotopic (exact) mass is 344 g/mol. The van der Waals surface area contributed by atoms with Crippen molar-refractivity contribution in [3.8, 4) is 0 Å². The molecule has 0 fully saturated rings. The second-order valence-electron chi connectivity index (χ2n) is 5.34. The summed E-state index contributed by atoms with van der Waals surface area (Å²) in [6.45, 7) is 1.56. The van der Waals surface area contributed by atoms with E-state index in [2.05, 4.69) is 21.2 Å². The number of carbonyl (C=O) groups is 1. The highest BCUT2D eigenvalue weighted by Gasteiger charge is 2.16. The molecule has 2 aromatic rings. The summed E-state index contributed by atoms with van der Waals surface area (Å²) in [5.74, 6) is 0.0599. The Balaban J connectivity index is 1.75. The number of rotatable bonds is 3. The van der Waals surface area contributed by atoms with Crippen LogP contribution in [0.2, 0.25) is 0 Å². The molecule has 3 nitrogen and oxygen atoms in total. The van der Waals surface area contributed by atoms with E-state index < -0.39 is 0 Å². The van der Waals surface area contributed by atoms with E-state index in [-0.39, 0.29) is 5.91 Å². The molecule has 1 N–H and O–H groups in total. The number of fused-ring (bicyclic) bond motifs is 1. The zero-order valence-corrected chi connectivity index (χ0v) is 13.5. The summed E-state index contributed by atoms with van der Waals surface area (Å²) < 4.78 is 1.03. The van der Waals surface area contributed by atoms with Gasteiger partial charge in [0.25, 0.3) is 5.91 Å². The van der Waals surface area contributed by atoms with E-state index in [9.17, 15) is 4.79 Å². The first kappa shape index (κ1) is 14.1. The maximum absolute atomic E-state index is 12.5. The molecule has 1 amide bonds. The summed E-state index contributed by atoms with van der Waals surface area (Å²) >= 11 is 3.46. The fourth-order valence-corrected chi connectivity index (χ4v) is 3.09. The van der Waals surface area contributed by atoms with Crippen molar-refractivity contribution >= 4 is 27.5 Å². The van der Waals surface area contributed by atoms with Crippen molar-refractivity contribution in [1.82, 2.24) is 4.90 Å². The Labute approximate surface area is 133 Å². The van der Waals surface area contributed by atoms with Gasteiger partial charge in [-0.1, -0.05) is 28.1 Å². The summed E-state index contributed by atoms with van der Waals surface area (Å²) in [4.78, 5) is 14.3. The van der Waals surface area contributed by atoms with E-state index in [1.807, 2.05) is 49.5 Å². The van der Waals surface area contributed by atoms with Gasteiger partial charge in [0.2, 0.25) is 0 Å². The number of hydrogen-bond donors (Lipinski definition) is 1. The molecule has 108 valence electrons. The highest BCUT2D eigenvalue weighted by molar-refractivity contribution is 9.10. The number of anilines is 1. The van der Waals surface area contributed by atoms with Gasteiger partial charge < -0.3 is 10.2 Å². The number of carbonyl (C=O) groups excluding carboxylic acids is 1. The van der Waals surface area contributed by atoms with Gasteiger partial charge in [-0.3, -0.25) is 4.79 Å². The summed E-state index contributed by atoms with van der Waals surface area (Å²) in [5, 5.41) is 3.31. The van der Waals surface area contributed by atoms with Crippen LogP contribution in [0.4, 0.5) is 5.69 Å². The molecule has 0 saturated heterocycles. The molecule has 3 rings (SSSR count). The van der Waals surface area contributed by atoms with Crippen LogP contribution in [0.25, 0.3) is 0 Å². The molecule has 4 heteroatoms. The minimum atomic E-state index is 0.0599. The molecule has 0 spiro atoms. The van der Waals surface area contributed by atoms with Crippen LogP contribution < -0.4 is 5.32 Å². The molecule has 1 aliphatic heterocycles. The van der Waals surface area contributed by atoms with Gasteiger partial charge in [-0.25, -0.2) is 0 Å². The fraction of sp³-hybridized carbons (Fsp3) is 0.235. The molecule has 0 bridgehead atoms. The van der Waals surface area contributed by atoms with Crippen molar-refractivity contribution < 1.29 is 4.79 Å². The second kappa shape index (κ2) is 5.90. The molecular weight excluding hydrogens is 328 g/mol. The number of nitrogens with one attached hydrogen (secondary N) is 1. The first-order valence-corrected chi connectivity index (χ1v) is 7.79. The Morgan fingerprint density at radius 1 is 1.29 bits per heavy atom. The Hall–Kier alpha value is -1.81. The van der Waals surface area contributed by atoms with Gasteiger partial charge in [0.1, 0.15) is 0 Å². The van der Waals surface area contributed by atoms with Gasteiger partial charge in [0.05, 0.1) is 0 Å². The van der Waals surface area contributed by atoms with Crippen LogP contribution in [0.5, 0.6) is 0 Å². The molecule has 0 radical (unpaired) electrons. The molecular formula is C17H17BrN2O. The van der Waals surface area contributed by atoms with E-state index in [4.69, 9.17) is 0 Å². The molecule has 1 heterocycles. The lowest BCUT2D eigenvalue weighted by molar-refractivity contribution is 0.0785. The van der Waals surface area contributed by atoms with E-state index >= 15 is 0 Å². The SMILES string of the molecule is CN(Cc1cccc(Br)c1)C(=O)c1ccc2c(c1)CCN2. The predicted molar refractivity (Wildman–Crippen MR) is 88.6 cm³/mol. The van der Waals surface area contributed by atoms with Crippen LogP contribution in [-0.4, -0.2) is 24.4 Å². The van der Waals surface area contributed by atoms with Crippen LogP contribution in [0.1, 0.15) is 21.5 Å². The van der Waals surface area contributed by atoms with Crippen molar-refractivity contribution in [3.63, 3.8) is 0 Å². The minimum absolute atomic E-state index is 0.0599. The van der Waals surface area contributed by atoms with E-state index in [0.717, 1.165) is 34.3 Å². The Kier molecular flexibility index (Phi) is 3.97. The van der Waals surface area contributed by atoms with Crippen molar-refractivity contribution in [3.05, 3.63) is 63.6 Å². The van der Waals surface area contributed by atoms with Gasteiger partial charge in [0.15, 0.2) is 0 Å². The molecule has 0 saturated carbocycles. The van der Waals surface area contributed by atoms with Crippen molar-refractivity contribution in [1.29, 1.82) is 0 Å². The maximum Gasteiger partial charge on any atom is 0.253 e. The van der Waals surface area contributed by atoms with Crippen LogP contribution in [-0.2, 0) is 13.0 Å². The predicted octanol–water partition coefficient (Wildman–Crippen LogP) is 3.69. The van der Waals surface area contributed by atoms with Crippen LogP contribution >= 0.6 is 15.9 Å². The Morgan fingerprint density at radius 2 is 2.14 bits per heavy atom. The van der Waals surface area contributed by atoms with E-state index in [0.29, 0.717) is 6.54 Å². The number of benzene rings is 2. The van der Waals surface area contributed by atoms with E-state index in [1.54, 1.807) is 4.90 Å². The van der Waals surface area contributed by atoms with Gasteiger partial charge >= 0.3 is 0 Å². The minimum Gasteiger partial charge on any atom is -0.384 e. The molecule has 2 aromatic carbocycles. The number of halogens is 1. The highest BCUT2D eigenvalue weighted by atomic mass is 79.9. The average molecular weight is 345 g/mol. The lowest BCUT2D eigenvalue weighted by Crippen LogP contribution is -2.26. The standard InChI is InChI=1S/C17H17BrN2O/c1-20(11-12-3-2-4-15(18)9-12)17(21)14-5-6-16-13(10-14)7-8-19-16/h2-6,9-10,19H,7-8,11H2,1H3. The summed E-state index contributed by atoms with van der Waals surface area (Å²) in [7, 11) is 1.84. The third kappa shape index (κ3) is 3.10. The topological polar surface area (TPSA) is 32.3 Å². The van der Waals surface area contributed by atoms with Gasteiger partial charge in [-0.2, -0.15) is 0 Å². The zero-order chi connectivity index (χ0) is 14.8. The summed E-state index contributed by atoms with van der Waals surface area (Å²) in [6, 6.07) is 13.9. The summed E-state index contributed by atoms with van der Waals surface area (Å²) in [6.07, 6.45) is 0.992. The number of nitrogens with zero attached hydrogens (tertiary/aromatic N) is 1.